The molecule has 2 N–H and O–H groups in total. The second-order valence-corrected chi connectivity index (χ2v) is 4.60. The van der Waals surface area contributed by atoms with E-state index in [-0.39, 0.29) is 5.69 Å². The summed E-state index contributed by atoms with van der Waals surface area (Å²) in [5.74, 6) is -0.156. The molecular formula is C16H18N2O3. The molecule has 2 aromatic rings. The van der Waals surface area contributed by atoms with Crippen LogP contribution in [0.15, 0.2) is 42.5 Å². The zero-order valence-electron chi connectivity index (χ0n) is 11.9. The Balaban J connectivity index is 1.81. The average molecular weight is 286 g/mol. The van der Waals surface area contributed by atoms with Crippen molar-refractivity contribution in [2.24, 2.45) is 0 Å². The number of ether oxygens (including phenoxy) is 1. The Morgan fingerprint density at radius 1 is 1.29 bits per heavy atom. The average Bonchev–Trinajstić information content (AvgIpc) is 2.52. The molecule has 1 aromatic heterocycles. The van der Waals surface area contributed by atoms with E-state index in [1.165, 1.54) is 11.6 Å². The van der Waals surface area contributed by atoms with Crippen molar-refractivity contribution in [2.45, 2.75) is 13.0 Å². The first-order chi connectivity index (χ1) is 10.2. The van der Waals surface area contributed by atoms with E-state index in [2.05, 4.69) is 10.3 Å². The number of rotatable bonds is 7. The molecule has 0 aliphatic heterocycles. The van der Waals surface area contributed by atoms with Crippen LogP contribution in [0.2, 0.25) is 0 Å². The normalized spacial score (nSPS) is 10.3. The number of methoxy groups -OCH3 is 1. The molecule has 21 heavy (non-hydrogen) atoms. The van der Waals surface area contributed by atoms with Crippen molar-refractivity contribution in [1.82, 2.24) is 10.3 Å². The number of carboxylic acid groups (broad SMARTS) is 1. The summed E-state index contributed by atoms with van der Waals surface area (Å²) in [5.41, 5.74) is 1.98. The molecule has 0 aliphatic rings. The van der Waals surface area contributed by atoms with E-state index in [1.807, 2.05) is 30.3 Å². The minimum Gasteiger partial charge on any atom is -0.497 e. The molecule has 0 aliphatic carbocycles. The molecule has 1 heterocycles. The standard InChI is InChI=1S/C16H18N2O3/c1-21-14-6-2-4-12(10-14)8-9-17-11-13-5-3-7-15(18-13)16(19)20/h2-7,10,17H,8-9,11H2,1H3,(H,19,20). The fraction of sp³-hybridized carbons (Fsp3) is 0.250. The van der Waals surface area contributed by atoms with Gasteiger partial charge in [0.1, 0.15) is 11.4 Å². The van der Waals surface area contributed by atoms with Gasteiger partial charge in [-0.05, 0) is 42.8 Å². The second-order valence-electron chi connectivity index (χ2n) is 4.60. The van der Waals surface area contributed by atoms with Crippen molar-refractivity contribution < 1.29 is 14.6 Å². The maximum Gasteiger partial charge on any atom is 0.354 e. The molecule has 0 unspecified atom stereocenters. The van der Waals surface area contributed by atoms with Gasteiger partial charge in [0.25, 0.3) is 0 Å². The van der Waals surface area contributed by atoms with Gasteiger partial charge in [0.2, 0.25) is 0 Å². The van der Waals surface area contributed by atoms with Gasteiger partial charge >= 0.3 is 5.97 Å². The van der Waals surface area contributed by atoms with E-state index in [0.717, 1.165) is 24.4 Å². The molecule has 0 amide bonds. The van der Waals surface area contributed by atoms with Gasteiger partial charge in [-0.25, -0.2) is 9.78 Å². The lowest BCUT2D eigenvalue weighted by molar-refractivity contribution is 0.0690. The molecule has 1 aromatic carbocycles. The lowest BCUT2D eigenvalue weighted by Crippen LogP contribution is -2.18. The summed E-state index contributed by atoms with van der Waals surface area (Å²) < 4.78 is 5.18. The summed E-state index contributed by atoms with van der Waals surface area (Å²) in [5, 5.41) is 12.1. The highest BCUT2D eigenvalue weighted by atomic mass is 16.5. The van der Waals surface area contributed by atoms with Crippen molar-refractivity contribution in [3.63, 3.8) is 0 Å². The molecule has 0 saturated heterocycles. The zero-order chi connectivity index (χ0) is 15.1. The minimum atomic E-state index is -1.01. The molecule has 5 heteroatoms. The fourth-order valence-electron chi connectivity index (χ4n) is 1.97. The Morgan fingerprint density at radius 2 is 2.10 bits per heavy atom. The van der Waals surface area contributed by atoms with Gasteiger partial charge in [-0.3, -0.25) is 0 Å². The molecule has 5 nitrogen and oxygen atoms in total. The van der Waals surface area contributed by atoms with Crippen LogP contribution < -0.4 is 10.1 Å². The quantitative estimate of drug-likeness (QED) is 0.763. The third kappa shape index (κ3) is 4.57. The van der Waals surface area contributed by atoms with Crippen molar-refractivity contribution in [3.8, 4) is 5.75 Å². The number of pyridine rings is 1. The molecule has 0 spiro atoms. The van der Waals surface area contributed by atoms with Gasteiger partial charge in [0.15, 0.2) is 0 Å². The van der Waals surface area contributed by atoms with Crippen LogP contribution in [0.25, 0.3) is 0 Å². The highest BCUT2D eigenvalue weighted by molar-refractivity contribution is 5.85. The van der Waals surface area contributed by atoms with Gasteiger partial charge in [-0.15, -0.1) is 0 Å². The van der Waals surface area contributed by atoms with Gasteiger partial charge in [-0.2, -0.15) is 0 Å². The summed E-state index contributed by atoms with van der Waals surface area (Å²) in [6.07, 6.45) is 0.871. The first-order valence-electron chi connectivity index (χ1n) is 6.72. The molecule has 0 bridgehead atoms. The number of carbonyl (C=O) groups is 1. The topological polar surface area (TPSA) is 71.5 Å². The highest BCUT2D eigenvalue weighted by Gasteiger charge is 2.04. The van der Waals surface area contributed by atoms with E-state index < -0.39 is 5.97 Å². The smallest absolute Gasteiger partial charge is 0.354 e. The van der Waals surface area contributed by atoms with Crippen LogP contribution in [0.5, 0.6) is 5.75 Å². The largest absolute Gasteiger partial charge is 0.497 e. The molecule has 0 atom stereocenters. The Kier molecular flexibility index (Phi) is 5.29. The summed E-state index contributed by atoms with van der Waals surface area (Å²) in [6.45, 7) is 1.33. The summed E-state index contributed by atoms with van der Waals surface area (Å²) in [7, 11) is 1.65. The first kappa shape index (κ1) is 15.0. The van der Waals surface area contributed by atoms with Crippen molar-refractivity contribution in [2.75, 3.05) is 13.7 Å². The number of hydrogen-bond donors (Lipinski definition) is 2. The number of hydrogen-bond acceptors (Lipinski definition) is 4. The van der Waals surface area contributed by atoms with Crippen LogP contribution in [0.3, 0.4) is 0 Å². The second kappa shape index (κ2) is 7.40. The number of aromatic carboxylic acids is 1. The van der Waals surface area contributed by atoms with Crippen molar-refractivity contribution in [3.05, 3.63) is 59.4 Å². The number of nitrogens with one attached hydrogen (secondary N) is 1. The SMILES string of the molecule is COc1cccc(CCNCc2cccc(C(=O)O)n2)c1. The van der Waals surface area contributed by atoms with Gasteiger partial charge in [0.05, 0.1) is 12.8 Å². The van der Waals surface area contributed by atoms with Gasteiger partial charge in [0, 0.05) is 6.54 Å². The Hall–Kier alpha value is -2.40. The molecule has 0 fully saturated rings. The minimum absolute atomic E-state index is 0.0714. The fourth-order valence-corrected chi connectivity index (χ4v) is 1.97. The van der Waals surface area contributed by atoms with E-state index in [1.54, 1.807) is 13.2 Å². The molecule has 0 saturated carbocycles. The van der Waals surface area contributed by atoms with E-state index >= 15 is 0 Å². The van der Waals surface area contributed by atoms with Gasteiger partial charge < -0.3 is 15.2 Å². The van der Waals surface area contributed by atoms with Crippen molar-refractivity contribution >= 4 is 5.97 Å². The Morgan fingerprint density at radius 3 is 2.86 bits per heavy atom. The van der Waals surface area contributed by atoms with Crippen LogP contribution in [0, 0.1) is 0 Å². The number of aromatic nitrogens is 1. The highest BCUT2D eigenvalue weighted by Crippen LogP contribution is 2.12. The van der Waals surface area contributed by atoms with E-state index in [0.29, 0.717) is 6.54 Å². The Labute approximate surface area is 123 Å². The van der Waals surface area contributed by atoms with Crippen LogP contribution >= 0.6 is 0 Å². The number of benzene rings is 1. The van der Waals surface area contributed by atoms with Crippen LogP contribution in [-0.2, 0) is 13.0 Å². The summed E-state index contributed by atoms with van der Waals surface area (Å²) in [4.78, 5) is 14.9. The van der Waals surface area contributed by atoms with E-state index in [9.17, 15) is 4.79 Å². The first-order valence-corrected chi connectivity index (χ1v) is 6.72. The third-order valence-electron chi connectivity index (χ3n) is 3.06. The summed E-state index contributed by atoms with van der Waals surface area (Å²) in [6, 6.07) is 12.9. The maximum atomic E-state index is 10.8. The summed E-state index contributed by atoms with van der Waals surface area (Å²) >= 11 is 0. The zero-order valence-corrected chi connectivity index (χ0v) is 11.9. The van der Waals surface area contributed by atoms with E-state index in [4.69, 9.17) is 9.84 Å². The number of nitrogens with zero attached hydrogens (tertiary/aromatic N) is 1. The van der Waals surface area contributed by atoms with Crippen molar-refractivity contribution in [1.29, 1.82) is 0 Å². The molecule has 0 radical (unpaired) electrons. The maximum absolute atomic E-state index is 10.8. The molecule has 2 rings (SSSR count). The molecular weight excluding hydrogens is 268 g/mol. The molecule has 110 valence electrons. The van der Waals surface area contributed by atoms with Crippen LogP contribution in [0.1, 0.15) is 21.7 Å². The lowest BCUT2D eigenvalue weighted by atomic mass is 10.1. The van der Waals surface area contributed by atoms with Crippen LogP contribution in [0.4, 0.5) is 0 Å². The number of carboxylic acids is 1. The lowest BCUT2D eigenvalue weighted by Gasteiger charge is -2.06. The van der Waals surface area contributed by atoms with Gasteiger partial charge in [-0.1, -0.05) is 18.2 Å². The predicted octanol–water partition coefficient (Wildman–Crippen LogP) is 2.12. The van der Waals surface area contributed by atoms with Crippen LogP contribution in [-0.4, -0.2) is 29.7 Å². The predicted molar refractivity (Wildman–Crippen MR) is 79.6 cm³/mol. The Bertz CT molecular complexity index is 614. The monoisotopic (exact) mass is 286 g/mol. The third-order valence-corrected chi connectivity index (χ3v) is 3.06.